The minimum absolute atomic E-state index is 0.315. The molecule has 0 saturated carbocycles. The number of halogens is 1. The van der Waals surface area contributed by atoms with Crippen LogP contribution in [0.25, 0.3) is 0 Å². The number of rotatable bonds is 4. The second kappa shape index (κ2) is 5.61. The van der Waals surface area contributed by atoms with Gasteiger partial charge in [-0.15, -0.1) is 0 Å². The Kier molecular flexibility index (Phi) is 3.86. The zero-order chi connectivity index (χ0) is 13.2. The third-order valence-corrected chi connectivity index (χ3v) is 4.68. The molecule has 2 aromatic rings. The SMILES string of the molecule is NNC(Cc1ccc(I)cc1)C1Cc2ccccc21. The summed E-state index contributed by atoms with van der Waals surface area (Å²) in [5, 5.41) is 0. The van der Waals surface area contributed by atoms with Crippen molar-refractivity contribution < 1.29 is 0 Å². The molecule has 3 N–H and O–H groups in total. The van der Waals surface area contributed by atoms with Crippen LogP contribution in [-0.2, 0) is 12.8 Å². The molecular formula is C16H17IN2. The molecule has 2 nitrogen and oxygen atoms in total. The van der Waals surface area contributed by atoms with Crippen LogP contribution >= 0.6 is 22.6 Å². The van der Waals surface area contributed by atoms with Crippen LogP contribution in [0.3, 0.4) is 0 Å². The maximum absolute atomic E-state index is 5.77. The van der Waals surface area contributed by atoms with E-state index in [-0.39, 0.29) is 0 Å². The minimum atomic E-state index is 0.315. The Balaban J connectivity index is 1.74. The maximum Gasteiger partial charge on any atom is 0.0322 e. The zero-order valence-corrected chi connectivity index (χ0v) is 12.8. The molecular weight excluding hydrogens is 347 g/mol. The fraction of sp³-hybridized carbons (Fsp3) is 0.250. The monoisotopic (exact) mass is 364 g/mol. The molecule has 98 valence electrons. The summed E-state index contributed by atoms with van der Waals surface area (Å²) in [6.45, 7) is 0. The van der Waals surface area contributed by atoms with Crippen molar-refractivity contribution >= 4 is 22.6 Å². The summed E-state index contributed by atoms with van der Waals surface area (Å²) >= 11 is 2.33. The molecule has 0 spiro atoms. The molecule has 0 aliphatic heterocycles. The van der Waals surface area contributed by atoms with Gasteiger partial charge in [0.05, 0.1) is 0 Å². The van der Waals surface area contributed by atoms with Gasteiger partial charge in [0.25, 0.3) is 0 Å². The minimum Gasteiger partial charge on any atom is -0.271 e. The average Bonchev–Trinajstić information content (AvgIpc) is 2.41. The Morgan fingerprint density at radius 1 is 1.16 bits per heavy atom. The lowest BCUT2D eigenvalue weighted by Gasteiger charge is -2.36. The molecule has 0 saturated heterocycles. The van der Waals surface area contributed by atoms with Gasteiger partial charge in [-0.3, -0.25) is 11.3 Å². The predicted molar refractivity (Wildman–Crippen MR) is 86.9 cm³/mol. The lowest BCUT2D eigenvalue weighted by atomic mass is 9.72. The summed E-state index contributed by atoms with van der Waals surface area (Å²) in [4.78, 5) is 0. The highest BCUT2D eigenvalue weighted by atomic mass is 127. The van der Waals surface area contributed by atoms with E-state index >= 15 is 0 Å². The number of fused-ring (bicyclic) bond motifs is 1. The molecule has 0 fully saturated rings. The van der Waals surface area contributed by atoms with E-state index in [0.717, 1.165) is 12.8 Å². The molecule has 2 unspecified atom stereocenters. The van der Waals surface area contributed by atoms with Crippen molar-refractivity contribution in [2.24, 2.45) is 5.84 Å². The molecule has 3 heteroatoms. The summed E-state index contributed by atoms with van der Waals surface area (Å²) < 4.78 is 1.27. The smallest absolute Gasteiger partial charge is 0.0322 e. The molecule has 2 aromatic carbocycles. The fourth-order valence-corrected chi connectivity index (χ4v) is 3.21. The molecule has 2 atom stereocenters. The second-order valence-corrected chi connectivity index (χ2v) is 6.36. The van der Waals surface area contributed by atoms with Crippen LogP contribution in [0.2, 0.25) is 0 Å². The van der Waals surface area contributed by atoms with Crippen molar-refractivity contribution in [3.63, 3.8) is 0 Å². The van der Waals surface area contributed by atoms with Crippen molar-refractivity contribution in [2.45, 2.75) is 24.8 Å². The van der Waals surface area contributed by atoms with Crippen molar-refractivity contribution in [3.05, 3.63) is 68.8 Å². The van der Waals surface area contributed by atoms with E-state index in [1.807, 2.05) is 0 Å². The third-order valence-electron chi connectivity index (χ3n) is 3.96. The second-order valence-electron chi connectivity index (χ2n) is 5.11. The van der Waals surface area contributed by atoms with Gasteiger partial charge in [0.1, 0.15) is 0 Å². The van der Waals surface area contributed by atoms with Crippen LogP contribution < -0.4 is 11.3 Å². The summed E-state index contributed by atoms with van der Waals surface area (Å²) in [7, 11) is 0. The number of nitrogens with one attached hydrogen (secondary N) is 1. The lowest BCUT2D eigenvalue weighted by molar-refractivity contribution is 0.404. The van der Waals surface area contributed by atoms with E-state index in [1.54, 1.807) is 0 Å². The first kappa shape index (κ1) is 13.1. The molecule has 1 aliphatic carbocycles. The molecule has 0 radical (unpaired) electrons. The largest absolute Gasteiger partial charge is 0.271 e. The van der Waals surface area contributed by atoms with Crippen LogP contribution in [0.5, 0.6) is 0 Å². The van der Waals surface area contributed by atoms with E-state index in [4.69, 9.17) is 5.84 Å². The Labute approximate surface area is 127 Å². The average molecular weight is 364 g/mol. The van der Waals surface area contributed by atoms with E-state index in [2.05, 4.69) is 76.5 Å². The van der Waals surface area contributed by atoms with E-state index in [1.165, 1.54) is 20.3 Å². The van der Waals surface area contributed by atoms with Crippen molar-refractivity contribution in [1.82, 2.24) is 5.43 Å². The fourth-order valence-electron chi connectivity index (χ4n) is 2.85. The van der Waals surface area contributed by atoms with Crippen LogP contribution in [-0.4, -0.2) is 6.04 Å². The predicted octanol–water partition coefficient (Wildman–Crippen LogP) is 3.01. The highest BCUT2D eigenvalue weighted by molar-refractivity contribution is 14.1. The number of nitrogens with two attached hydrogens (primary N) is 1. The van der Waals surface area contributed by atoms with Crippen LogP contribution in [0.1, 0.15) is 22.6 Å². The molecule has 0 amide bonds. The summed E-state index contributed by atoms with van der Waals surface area (Å²) in [5.41, 5.74) is 7.27. The van der Waals surface area contributed by atoms with Gasteiger partial charge >= 0.3 is 0 Å². The highest BCUT2D eigenvalue weighted by Gasteiger charge is 2.32. The van der Waals surface area contributed by atoms with Gasteiger partial charge in [-0.2, -0.15) is 0 Å². The van der Waals surface area contributed by atoms with E-state index in [0.29, 0.717) is 12.0 Å². The van der Waals surface area contributed by atoms with Crippen LogP contribution in [0, 0.1) is 3.57 Å². The summed E-state index contributed by atoms with van der Waals surface area (Å²) in [6.07, 6.45) is 2.11. The standard InChI is InChI=1S/C16H17IN2/c17-13-7-5-11(6-8-13)9-16(19-18)15-10-12-3-1-2-4-14(12)15/h1-8,15-16,19H,9-10,18H2. The van der Waals surface area contributed by atoms with Crippen molar-refractivity contribution in [2.75, 3.05) is 0 Å². The first-order valence-corrected chi connectivity index (χ1v) is 7.64. The van der Waals surface area contributed by atoms with Gasteiger partial charge in [-0.05, 0) is 64.3 Å². The summed E-state index contributed by atoms with van der Waals surface area (Å²) in [6, 6.07) is 17.7. The lowest BCUT2D eigenvalue weighted by Crippen LogP contribution is -2.45. The van der Waals surface area contributed by atoms with Gasteiger partial charge in [0.15, 0.2) is 0 Å². The van der Waals surface area contributed by atoms with Gasteiger partial charge in [-0.25, -0.2) is 0 Å². The van der Waals surface area contributed by atoms with Gasteiger partial charge in [0, 0.05) is 15.5 Å². The number of hydrogen-bond donors (Lipinski definition) is 2. The van der Waals surface area contributed by atoms with Gasteiger partial charge in [0.2, 0.25) is 0 Å². The Morgan fingerprint density at radius 3 is 2.58 bits per heavy atom. The van der Waals surface area contributed by atoms with Crippen molar-refractivity contribution in [3.8, 4) is 0 Å². The Bertz CT molecular complexity index is 565. The Morgan fingerprint density at radius 2 is 1.89 bits per heavy atom. The number of benzene rings is 2. The van der Waals surface area contributed by atoms with E-state index < -0.39 is 0 Å². The Hall–Kier alpha value is -0.910. The molecule has 0 aromatic heterocycles. The van der Waals surface area contributed by atoms with Gasteiger partial charge < -0.3 is 0 Å². The zero-order valence-electron chi connectivity index (χ0n) is 10.6. The van der Waals surface area contributed by atoms with Crippen molar-refractivity contribution in [1.29, 1.82) is 0 Å². The van der Waals surface area contributed by atoms with Crippen LogP contribution in [0.4, 0.5) is 0 Å². The summed E-state index contributed by atoms with van der Waals surface area (Å²) in [5.74, 6) is 6.31. The first-order valence-electron chi connectivity index (χ1n) is 6.56. The molecule has 1 aliphatic rings. The van der Waals surface area contributed by atoms with Gasteiger partial charge in [-0.1, -0.05) is 36.4 Å². The molecule has 0 bridgehead atoms. The first-order chi connectivity index (χ1) is 9.28. The van der Waals surface area contributed by atoms with Crippen LogP contribution in [0.15, 0.2) is 48.5 Å². The quantitative estimate of drug-likeness (QED) is 0.497. The normalized spacial score (nSPS) is 18.5. The molecule has 19 heavy (non-hydrogen) atoms. The molecule has 3 rings (SSSR count). The number of hydrogen-bond acceptors (Lipinski definition) is 2. The maximum atomic E-state index is 5.77. The van der Waals surface area contributed by atoms with E-state index in [9.17, 15) is 0 Å². The topological polar surface area (TPSA) is 38.0 Å². The molecule has 0 heterocycles. The third kappa shape index (κ3) is 2.68. The number of hydrazine groups is 1. The highest BCUT2D eigenvalue weighted by Crippen LogP contribution is 2.38.